The molecule has 0 radical (unpaired) electrons. The number of pyridine rings is 1. The second-order valence-corrected chi connectivity index (χ2v) is 6.57. The van der Waals surface area contributed by atoms with E-state index in [4.69, 9.17) is 0 Å². The Kier molecular flexibility index (Phi) is 5.61. The number of imidazole rings is 1. The Balaban J connectivity index is 0.000000994. The van der Waals surface area contributed by atoms with Gasteiger partial charge in [0.25, 0.3) is 0 Å². The van der Waals surface area contributed by atoms with Crippen molar-refractivity contribution in [2.24, 2.45) is 0 Å². The zero-order chi connectivity index (χ0) is 20.1. The first-order chi connectivity index (χ1) is 14.3. The van der Waals surface area contributed by atoms with Crippen LogP contribution in [-0.2, 0) is 19.3 Å². The predicted molar refractivity (Wildman–Crippen MR) is 117 cm³/mol. The van der Waals surface area contributed by atoms with Gasteiger partial charge in [-0.25, -0.2) is 15.0 Å². The molecule has 0 atom stereocenters. The number of fused-ring (bicyclic) bond motifs is 2. The third-order valence-electron chi connectivity index (χ3n) is 4.79. The van der Waals surface area contributed by atoms with E-state index in [1.54, 1.807) is 12.5 Å². The number of anilines is 2. The molecule has 2 N–H and O–H groups in total. The van der Waals surface area contributed by atoms with Crippen LogP contribution in [0.4, 0.5) is 11.6 Å². The fraction of sp³-hybridized carbons (Fsp3) is 0.217. The van der Waals surface area contributed by atoms with E-state index in [0.29, 0.717) is 11.6 Å². The number of aromatic nitrogens is 5. The quantitative estimate of drug-likeness (QED) is 0.513. The Bertz CT molecular complexity index is 1090. The molecule has 3 aromatic heterocycles. The van der Waals surface area contributed by atoms with Crippen molar-refractivity contribution in [2.45, 2.75) is 33.1 Å². The van der Waals surface area contributed by atoms with Crippen LogP contribution in [0.1, 0.15) is 36.4 Å². The highest BCUT2D eigenvalue weighted by Crippen LogP contribution is 2.21. The molecule has 0 aliphatic heterocycles. The molecule has 29 heavy (non-hydrogen) atoms. The normalized spacial score (nSPS) is 11.8. The minimum Gasteiger partial charge on any atom is -0.326 e. The topological polar surface area (TPSA) is 79.4 Å². The summed E-state index contributed by atoms with van der Waals surface area (Å²) in [6, 6.07) is 12.3. The molecule has 1 aliphatic rings. The van der Waals surface area contributed by atoms with Crippen LogP contribution in [0, 0.1) is 0 Å². The van der Waals surface area contributed by atoms with Gasteiger partial charge in [-0.2, -0.15) is 4.98 Å². The van der Waals surface area contributed by atoms with E-state index in [1.807, 2.05) is 26.0 Å². The molecular formula is C23H24N6. The Morgan fingerprint density at radius 2 is 1.86 bits per heavy atom. The fourth-order valence-electron chi connectivity index (χ4n) is 3.39. The van der Waals surface area contributed by atoms with Crippen LogP contribution < -0.4 is 5.32 Å². The lowest BCUT2D eigenvalue weighted by Gasteiger charge is -2.08. The summed E-state index contributed by atoms with van der Waals surface area (Å²) >= 11 is 0. The lowest BCUT2D eigenvalue weighted by molar-refractivity contribution is 0.876. The number of nitrogens with zero attached hydrogens (tertiary/aromatic N) is 4. The number of nitrogens with one attached hydrogen (secondary N) is 2. The molecule has 3 heterocycles. The highest BCUT2D eigenvalue weighted by atomic mass is 15.1. The highest BCUT2D eigenvalue weighted by molar-refractivity contribution is 5.74. The molecular weight excluding hydrogens is 360 g/mol. The van der Waals surface area contributed by atoms with Gasteiger partial charge in [-0.1, -0.05) is 32.1 Å². The van der Waals surface area contributed by atoms with Gasteiger partial charge < -0.3 is 10.3 Å². The third-order valence-corrected chi connectivity index (χ3v) is 4.79. The maximum Gasteiger partial charge on any atom is 0.207 e. The molecule has 146 valence electrons. The van der Waals surface area contributed by atoms with Crippen molar-refractivity contribution in [1.82, 2.24) is 24.9 Å². The van der Waals surface area contributed by atoms with Crippen LogP contribution in [0.2, 0.25) is 0 Å². The Morgan fingerprint density at radius 3 is 2.69 bits per heavy atom. The zero-order valence-corrected chi connectivity index (χ0v) is 16.7. The van der Waals surface area contributed by atoms with Crippen LogP contribution in [0.25, 0.3) is 17.2 Å². The van der Waals surface area contributed by atoms with Crippen molar-refractivity contribution in [2.75, 3.05) is 5.32 Å². The molecule has 0 saturated carbocycles. The number of hydrogen-bond donors (Lipinski definition) is 2. The minimum absolute atomic E-state index is 0.695. The Labute approximate surface area is 170 Å². The first-order valence-corrected chi connectivity index (χ1v) is 10.0. The van der Waals surface area contributed by atoms with Gasteiger partial charge in [-0.15, -0.1) is 0 Å². The summed E-state index contributed by atoms with van der Waals surface area (Å²) in [5.41, 5.74) is 7.40. The summed E-state index contributed by atoms with van der Waals surface area (Å²) in [5.74, 6) is 0.695. The van der Waals surface area contributed by atoms with Gasteiger partial charge in [0.2, 0.25) is 5.95 Å². The van der Waals surface area contributed by atoms with Crippen molar-refractivity contribution in [3.05, 3.63) is 77.5 Å². The standard InChI is InChI=1S/C21H18N6.C2H6/c1-3-16-17(4-1)23-13-24-18(16)11-8-14-6-9-15(10-7-14)25-21-26-19-5-2-12-22-20(19)27-21;1-2/h1-2,4-7,9-10,12-13H,3,8,11H2,(H2,22,25,26,27);1-2H3. The van der Waals surface area contributed by atoms with Crippen LogP contribution >= 0.6 is 0 Å². The molecule has 1 aromatic carbocycles. The number of allylic oxidation sites excluding steroid dienone is 1. The lowest BCUT2D eigenvalue weighted by Crippen LogP contribution is -2.02. The van der Waals surface area contributed by atoms with E-state index in [9.17, 15) is 0 Å². The van der Waals surface area contributed by atoms with Crippen molar-refractivity contribution >= 4 is 28.9 Å². The monoisotopic (exact) mass is 384 g/mol. The van der Waals surface area contributed by atoms with Gasteiger partial charge in [0.1, 0.15) is 6.33 Å². The Hall–Kier alpha value is -3.54. The largest absolute Gasteiger partial charge is 0.326 e. The van der Waals surface area contributed by atoms with Crippen LogP contribution in [0.3, 0.4) is 0 Å². The van der Waals surface area contributed by atoms with E-state index in [1.165, 1.54) is 11.1 Å². The van der Waals surface area contributed by atoms with E-state index in [2.05, 4.69) is 66.7 Å². The first kappa shape index (κ1) is 18.8. The lowest BCUT2D eigenvalue weighted by atomic mass is 10.0. The summed E-state index contributed by atoms with van der Waals surface area (Å²) in [5, 5.41) is 3.29. The average Bonchev–Trinajstić information content (AvgIpc) is 3.41. The van der Waals surface area contributed by atoms with E-state index >= 15 is 0 Å². The maximum absolute atomic E-state index is 4.48. The van der Waals surface area contributed by atoms with Gasteiger partial charge in [0, 0.05) is 23.1 Å². The molecule has 0 unspecified atom stereocenters. The molecule has 0 amide bonds. The summed E-state index contributed by atoms with van der Waals surface area (Å²) in [4.78, 5) is 20.7. The second kappa shape index (κ2) is 8.65. The zero-order valence-electron chi connectivity index (χ0n) is 16.7. The molecule has 0 bridgehead atoms. The van der Waals surface area contributed by atoms with Crippen molar-refractivity contribution in [3.63, 3.8) is 0 Å². The summed E-state index contributed by atoms with van der Waals surface area (Å²) in [6.07, 6.45) is 10.5. The number of H-pyrrole nitrogens is 1. The average molecular weight is 384 g/mol. The van der Waals surface area contributed by atoms with Gasteiger partial charge in [-0.05, 0) is 55.2 Å². The van der Waals surface area contributed by atoms with Crippen molar-refractivity contribution < 1.29 is 0 Å². The van der Waals surface area contributed by atoms with Gasteiger partial charge in [-0.3, -0.25) is 0 Å². The Morgan fingerprint density at radius 1 is 1.00 bits per heavy atom. The third kappa shape index (κ3) is 4.16. The van der Waals surface area contributed by atoms with Gasteiger partial charge in [0.05, 0.1) is 11.2 Å². The molecule has 6 nitrogen and oxygen atoms in total. The van der Waals surface area contributed by atoms with Gasteiger partial charge >= 0.3 is 0 Å². The summed E-state index contributed by atoms with van der Waals surface area (Å²) < 4.78 is 0. The van der Waals surface area contributed by atoms with E-state index in [0.717, 1.165) is 41.9 Å². The SMILES string of the molecule is C1=Cc2ncnc(CCc3ccc(Nc4nc5ncccc5[nH]4)cc3)c2C1.CC. The number of rotatable bonds is 5. The second-order valence-electron chi connectivity index (χ2n) is 6.57. The number of benzene rings is 1. The van der Waals surface area contributed by atoms with Gasteiger partial charge in [0.15, 0.2) is 5.65 Å². The molecule has 0 spiro atoms. The molecule has 0 fully saturated rings. The molecule has 5 rings (SSSR count). The molecule has 4 aromatic rings. The number of aromatic amines is 1. The number of hydrogen-bond acceptors (Lipinski definition) is 5. The maximum atomic E-state index is 4.48. The van der Waals surface area contributed by atoms with Crippen molar-refractivity contribution in [1.29, 1.82) is 0 Å². The minimum atomic E-state index is 0.695. The fourth-order valence-corrected chi connectivity index (χ4v) is 3.39. The van der Waals surface area contributed by atoms with Crippen LogP contribution in [-0.4, -0.2) is 24.9 Å². The smallest absolute Gasteiger partial charge is 0.207 e. The predicted octanol–water partition coefficient (Wildman–Crippen LogP) is 4.87. The molecule has 1 aliphatic carbocycles. The molecule has 6 heteroatoms. The van der Waals surface area contributed by atoms with Crippen molar-refractivity contribution in [3.8, 4) is 0 Å². The first-order valence-electron chi connectivity index (χ1n) is 10.0. The van der Waals surface area contributed by atoms with Crippen LogP contribution in [0.5, 0.6) is 0 Å². The summed E-state index contributed by atoms with van der Waals surface area (Å²) in [7, 11) is 0. The number of aryl methyl sites for hydroxylation is 2. The van der Waals surface area contributed by atoms with Crippen LogP contribution in [0.15, 0.2) is 55.0 Å². The molecule has 0 saturated heterocycles. The highest BCUT2D eigenvalue weighted by Gasteiger charge is 2.12. The van der Waals surface area contributed by atoms with E-state index in [-0.39, 0.29) is 0 Å². The van der Waals surface area contributed by atoms with E-state index < -0.39 is 0 Å². The summed E-state index contributed by atoms with van der Waals surface area (Å²) in [6.45, 7) is 4.00.